The summed E-state index contributed by atoms with van der Waals surface area (Å²) < 4.78 is 0. The maximum atomic E-state index is 13.0. The molecule has 4 N–H and O–H groups in total. The van der Waals surface area contributed by atoms with Crippen LogP contribution in [0.1, 0.15) is 67.5 Å². The Hall–Kier alpha value is -0.560. The van der Waals surface area contributed by atoms with Crippen molar-refractivity contribution in [1.29, 1.82) is 0 Å². The van der Waals surface area contributed by atoms with Crippen LogP contribution in [0, 0.1) is 23.2 Å². The van der Waals surface area contributed by atoms with E-state index < -0.39 is 0 Å². The summed E-state index contributed by atoms with van der Waals surface area (Å²) in [6.45, 7) is 4.12. The van der Waals surface area contributed by atoms with Crippen molar-refractivity contribution in [3.05, 3.63) is 34.3 Å². The van der Waals surface area contributed by atoms with Crippen LogP contribution in [0.15, 0.2) is 18.2 Å². The van der Waals surface area contributed by atoms with Crippen LogP contribution in [0.2, 0.25) is 5.02 Å². The maximum absolute atomic E-state index is 13.0. The zero-order valence-corrected chi connectivity index (χ0v) is 20.6. The highest BCUT2D eigenvalue weighted by Gasteiger charge is 2.50. The van der Waals surface area contributed by atoms with E-state index in [1.165, 1.54) is 38.5 Å². The third-order valence-corrected chi connectivity index (χ3v) is 7.56. The second kappa shape index (κ2) is 11.5. The Morgan fingerprint density at radius 3 is 2.29 bits per heavy atom. The van der Waals surface area contributed by atoms with Gasteiger partial charge in [-0.1, -0.05) is 24.6 Å². The summed E-state index contributed by atoms with van der Waals surface area (Å²) >= 11 is 6.39. The fourth-order valence-corrected chi connectivity index (χ4v) is 6.69. The first-order chi connectivity index (χ1) is 14.0. The maximum Gasteiger partial charge on any atom is 0.252 e. The Labute approximate surface area is 203 Å². The van der Waals surface area contributed by atoms with Crippen molar-refractivity contribution in [2.75, 3.05) is 26.2 Å². The van der Waals surface area contributed by atoms with E-state index in [1.807, 2.05) is 19.1 Å². The number of carbonyl (C=O) groups is 1. The molecule has 1 aromatic rings. The molecule has 1 unspecified atom stereocenters. The zero-order chi connectivity index (χ0) is 20.4. The van der Waals surface area contributed by atoms with E-state index in [2.05, 4.69) is 16.0 Å². The van der Waals surface area contributed by atoms with Gasteiger partial charge in [0.2, 0.25) is 0 Å². The van der Waals surface area contributed by atoms with Gasteiger partial charge in [-0.2, -0.15) is 0 Å². The van der Waals surface area contributed by atoms with Gasteiger partial charge >= 0.3 is 0 Å². The topological polar surface area (TPSA) is 73.4 Å². The molecule has 4 aliphatic carbocycles. The molecule has 0 saturated heterocycles. The molecule has 0 heterocycles. The molecule has 4 fully saturated rings. The number of rotatable bonds is 9. The minimum atomic E-state index is -0.126. The SMILES string of the molecule is CCNC(NCCO)c1ccc(Cl)c(C(=O)NCC23CC4CC(CC(C4)C2)C3)c1.Cl.Cl. The lowest BCUT2D eigenvalue weighted by molar-refractivity contribution is -0.0503. The Morgan fingerprint density at radius 2 is 1.74 bits per heavy atom. The molecule has 1 aromatic carbocycles. The van der Waals surface area contributed by atoms with Crippen LogP contribution < -0.4 is 16.0 Å². The van der Waals surface area contributed by atoms with Gasteiger partial charge in [0.1, 0.15) is 0 Å². The van der Waals surface area contributed by atoms with Gasteiger partial charge < -0.3 is 10.4 Å². The lowest BCUT2D eigenvalue weighted by atomic mass is 9.49. The summed E-state index contributed by atoms with van der Waals surface area (Å²) in [4.78, 5) is 13.0. The predicted molar refractivity (Wildman–Crippen MR) is 130 cm³/mol. The number of hydrogen-bond donors (Lipinski definition) is 4. The van der Waals surface area contributed by atoms with Gasteiger partial charge in [-0.25, -0.2) is 0 Å². The minimum Gasteiger partial charge on any atom is -0.395 e. The standard InChI is InChI=1S/C23H34ClN3O2.2ClH/c1-2-25-21(26-5-6-28)18-3-4-20(24)19(10-18)22(29)27-14-23-11-15-7-16(12-23)9-17(8-15)13-23;;/h3-4,10,15-17,21,25-26,28H,2,5-9,11-14H2,1H3,(H,27,29);2*1H. The first kappa shape index (κ1) is 26.7. The second-order valence-corrected chi connectivity index (χ2v) is 9.92. The van der Waals surface area contributed by atoms with Gasteiger partial charge in [-0.3, -0.25) is 15.4 Å². The van der Waals surface area contributed by atoms with Crippen molar-refractivity contribution in [3.8, 4) is 0 Å². The first-order valence-corrected chi connectivity index (χ1v) is 11.5. The van der Waals surface area contributed by atoms with Gasteiger partial charge in [0, 0.05) is 13.1 Å². The Kier molecular flexibility index (Phi) is 9.93. The van der Waals surface area contributed by atoms with Gasteiger partial charge in [-0.15, -0.1) is 24.8 Å². The molecule has 4 bridgehead atoms. The molecule has 31 heavy (non-hydrogen) atoms. The Balaban J connectivity index is 0.00000171. The van der Waals surface area contributed by atoms with Gasteiger partial charge in [0.15, 0.2) is 0 Å². The summed E-state index contributed by atoms with van der Waals surface area (Å²) in [7, 11) is 0. The van der Waals surface area contributed by atoms with Crippen molar-refractivity contribution >= 4 is 42.3 Å². The number of amides is 1. The fraction of sp³-hybridized carbons (Fsp3) is 0.696. The summed E-state index contributed by atoms with van der Waals surface area (Å²) in [5, 5.41) is 19.4. The first-order valence-electron chi connectivity index (χ1n) is 11.2. The molecule has 0 aliphatic heterocycles. The number of nitrogens with one attached hydrogen (secondary N) is 3. The quantitative estimate of drug-likeness (QED) is 0.387. The van der Waals surface area contributed by atoms with Crippen molar-refractivity contribution in [1.82, 2.24) is 16.0 Å². The highest BCUT2D eigenvalue weighted by atomic mass is 35.5. The van der Waals surface area contributed by atoms with Crippen LogP contribution in [0.25, 0.3) is 0 Å². The molecule has 0 spiro atoms. The largest absolute Gasteiger partial charge is 0.395 e. The molecule has 176 valence electrons. The van der Waals surface area contributed by atoms with E-state index in [1.54, 1.807) is 6.07 Å². The van der Waals surface area contributed by atoms with E-state index in [0.29, 0.717) is 22.5 Å². The fourth-order valence-electron chi connectivity index (χ4n) is 6.49. The molecule has 0 aromatic heterocycles. The third-order valence-electron chi connectivity index (χ3n) is 7.23. The van der Waals surface area contributed by atoms with Crippen LogP contribution >= 0.6 is 36.4 Å². The van der Waals surface area contributed by atoms with Crippen LogP contribution in [0.4, 0.5) is 0 Å². The van der Waals surface area contributed by atoms with E-state index in [4.69, 9.17) is 16.7 Å². The zero-order valence-electron chi connectivity index (χ0n) is 18.2. The Bertz CT molecular complexity index is 711. The highest BCUT2D eigenvalue weighted by molar-refractivity contribution is 6.33. The van der Waals surface area contributed by atoms with Crippen molar-refractivity contribution in [3.63, 3.8) is 0 Å². The number of aliphatic hydroxyl groups excluding tert-OH is 1. The normalized spacial score (nSPS) is 29.1. The number of benzene rings is 1. The number of hydrogen-bond acceptors (Lipinski definition) is 4. The van der Waals surface area contributed by atoms with Crippen molar-refractivity contribution < 1.29 is 9.90 Å². The lowest BCUT2D eigenvalue weighted by Gasteiger charge is -2.56. The lowest BCUT2D eigenvalue weighted by Crippen LogP contribution is -2.51. The van der Waals surface area contributed by atoms with Crippen LogP contribution in [-0.2, 0) is 0 Å². The molecular weight excluding hydrogens is 457 g/mol. The van der Waals surface area contributed by atoms with Gasteiger partial charge in [0.05, 0.1) is 23.4 Å². The molecule has 4 aliphatic rings. The summed E-state index contributed by atoms with van der Waals surface area (Å²) in [5.41, 5.74) is 1.79. The molecule has 1 atom stereocenters. The van der Waals surface area contributed by atoms with Gasteiger partial charge in [0.25, 0.3) is 5.91 Å². The van der Waals surface area contributed by atoms with E-state index in [9.17, 15) is 4.79 Å². The molecule has 1 amide bonds. The smallest absolute Gasteiger partial charge is 0.252 e. The van der Waals surface area contributed by atoms with Crippen molar-refractivity contribution in [2.45, 2.75) is 51.6 Å². The molecular formula is C23H36Cl3N3O2. The van der Waals surface area contributed by atoms with Gasteiger partial charge in [-0.05, 0) is 85.9 Å². The van der Waals surface area contributed by atoms with Crippen LogP contribution in [-0.4, -0.2) is 37.3 Å². The van der Waals surface area contributed by atoms with Crippen LogP contribution in [0.5, 0.6) is 0 Å². The van der Waals surface area contributed by atoms with E-state index in [-0.39, 0.29) is 43.5 Å². The summed E-state index contributed by atoms with van der Waals surface area (Å²) in [5.74, 6) is 2.56. The molecule has 8 heteroatoms. The molecule has 5 nitrogen and oxygen atoms in total. The second-order valence-electron chi connectivity index (χ2n) is 9.51. The average Bonchev–Trinajstić information content (AvgIpc) is 2.69. The van der Waals surface area contributed by atoms with Crippen LogP contribution in [0.3, 0.4) is 0 Å². The monoisotopic (exact) mass is 491 g/mol. The summed E-state index contributed by atoms with van der Waals surface area (Å²) in [6, 6.07) is 5.59. The number of halogens is 3. The predicted octanol–water partition coefficient (Wildman–Crippen LogP) is 4.32. The Morgan fingerprint density at radius 1 is 1.13 bits per heavy atom. The molecule has 5 rings (SSSR count). The number of carbonyl (C=O) groups excluding carboxylic acids is 1. The van der Waals surface area contributed by atoms with Crippen molar-refractivity contribution in [2.24, 2.45) is 23.2 Å². The van der Waals surface area contributed by atoms with E-state index in [0.717, 1.165) is 36.4 Å². The number of aliphatic hydroxyl groups is 1. The average molecular weight is 493 g/mol. The molecule has 4 saturated carbocycles. The van der Waals surface area contributed by atoms with E-state index >= 15 is 0 Å². The minimum absolute atomic E-state index is 0. The summed E-state index contributed by atoms with van der Waals surface area (Å²) in [6.07, 6.45) is 7.94. The third kappa shape index (κ3) is 6.07. The molecule has 0 radical (unpaired) electrons. The highest BCUT2D eigenvalue weighted by Crippen LogP contribution is 2.59.